The van der Waals surface area contributed by atoms with Crippen molar-refractivity contribution in [3.63, 3.8) is 0 Å². The Balaban J connectivity index is 1.91. The fourth-order valence-corrected chi connectivity index (χ4v) is 2.50. The number of benzene rings is 2. The third-order valence-corrected chi connectivity index (χ3v) is 3.74. The lowest BCUT2D eigenvalue weighted by molar-refractivity contribution is -0.137. The minimum Gasteiger partial charge on any atom is -0.382 e. The van der Waals surface area contributed by atoms with Crippen molar-refractivity contribution in [3.05, 3.63) is 59.9 Å². The summed E-state index contributed by atoms with van der Waals surface area (Å²) in [4.78, 5) is 1.06. The normalized spacial score (nSPS) is 11.4. The Bertz CT molecular complexity index is 584. The van der Waals surface area contributed by atoms with Gasteiger partial charge < -0.3 is 5.32 Å². The molecule has 0 aliphatic carbocycles. The molecule has 0 aliphatic heterocycles. The standard InChI is InChI=1S/C15H13F4NS/c16-13-7-6-11(15(17,18)19)10-14(13)20-8-9-21-12-4-2-1-3-5-12/h1-7,10,20H,8-9H2. The van der Waals surface area contributed by atoms with Gasteiger partial charge in [-0.15, -0.1) is 11.8 Å². The lowest BCUT2D eigenvalue weighted by Crippen LogP contribution is -2.09. The summed E-state index contributed by atoms with van der Waals surface area (Å²) in [6.45, 7) is 0.373. The van der Waals surface area contributed by atoms with Gasteiger partial charge in [0.1, 0.15) is 5.82 Å². The van der Waals surface area contributed by atoms with E-state index in [4.69, 9.17) is 0 Å². The van der Waals surface area contributed by atoms with Gasteiger partial charge in [-0.3, -0.25) is 0 Å². The van der Waals surface area contributed by atoms with Crippen LogP contribution in [-0.2, 0) is 6.18 Å². The minimum atomic E-state index is -4.47. The van der Waals surface area contributed by atoms with Gasteiger partial charge in [0.2, 0.25) is 0 Å². The lowest BCUT2D eigenvalue weighted by atomic mass is 10.2. The molecule has 2 aromatic carbocycles. The Morgan fingerprint density at radius 2 is 1.71 bits per heavy atom. The van der Waals surface area contributed by atoms with E-state index in [1.807, 2.05) is 30.3 Å². The van der Waals surface area contributed by atoms with Gasteiger partial charge >= 0.3 is 6.18 Å². The van der Waals surface area contributed by atoms with Crippen LogP contribution in [0, 0.1) is 5.82 Å². The summed E-state index contributed by atoms with van der Waals surface area (Å²) in [5.41, 5.74) is -0.986. The molecule has 1 N–H and O–H groups in total. The SMILES string of the molecule is Fc1ccc(C(F)(F)F)cc1NCCSc1ccccc1. The van der Waals surface area contributed by atoms with Crippen LogP contribution in [0.1, 0.15) is 5.56 Å². The van der Waals surface area contributed by atoms with E-state index in [-0.39, 0.29) is 5.69 Å². The van der Waals surface area contributed by atoms with Crippen LogP contribution in [0.15, 0.2) is 53.4 Å². The molecule has 0 saturated carbocycles. The smallest absolute Gasteiger partial charge is 0.382 e. The molecule has 0 aliphatic rings. The van der Waals surface area contributed by atoms with Crippen LogP contribution in [0.25, 0.3) is 0 Å². The van der Waals surface area contributed by atoms with E-state index < -0.39 is 17.6 Å². The molecule has 0 amide bonds. The Hall–Kier alpha value is -1.69. The van der Waals surface area contributed by atoms with Crippen LogP contribution in [-0.4, -0.2) is 12.3 Å². The van der Waals surface area contributed by atoms with Gasteiger partial charge in [-0.2, -0.15) is 13.2 Å². The zero-order chi connectivity index (χ0) is 15.3. The molecule has 0 atom stereocenters. The summed E-state index contributed by atoms with van der Waals surface area (Å²) in [5, 5.41) is 2.70. The van der Waals surface area contributed by atoms with Crippen molar-refractivity contribution < 1.29 is 17.6 Å². The first kappa shape index (κ1) is 15.7. The largest absolute Gasteiger partial charge is 0.416 e. The van der Waals surface area contributed by atoms with E-state index in [0.29, 0.717) is 12.3 Å². The summed E-state index contributed by atoms with van der Waals surface area (Å²) in [5.74, 6) is -0.0626. The predicted octanol–water partition coefficient (Wildman–Crippen LogP) is 5.05. The van der Waals surface area contributed by atoms with Gasteiger partial charge in [0.05, 0.1) is 11.3 Å². The van der Waals surface area contributed by atoms with Gasteiger partial charge in [0.25, 0.3) is 0 Å². The molecule has 0 saturated heterocycles. The van der Waals surface area contributed by atoms with Crippen molar-refractivity contribution >= 4 is 17.4 Å². The van der Waals surface area contributed by atoms with Crippen LogP contribution >= 0.6 is 11.8 Å². The molecule has 112 valence electrons. The van der Waals surface area contributed by atoms with E-state index in [0.717, 1.165) is 23.1 Å². The van der Waals surface area contributed by atoms with Crippen LogP contribution in [0.3, 0.4) is 0 Å². The van der Waals surface area contributed by atoms with Gasteiger partial charge in [0.15, 0.2) is 0 Å². The molecule has 0 spiro atoms. The number of anilines is 1. The predicted molar refractivity (Wildman–Crippen MR) is 77.1 cm³/mol. The second-order valence-corrected chi connectivity index (χ2v) is 5.45. The minimum absolute atomic E-state index is 0.126. The summed E-state index contributed by atoms with van der Waals surface area (Å²) >= 11 is 1.55. The maximum Gasteiger partial charge on any atom is 0.416 e. The summed E-state index contributed by atoms with van der Waals surface area (Å²) in [7, 11) is 0. The number of rotatable bonds is 5. The first-order chi connectivity index (χ1) is 9.97. The topological polar surface area (TPSA) is 12.0 Å². The zero-order valence-corrected chi connectivity index (χ0v) is 11.8. The third-order valence-electron chi connectivity index (χ3n) is 2.72. The highest BCUT2D eigenvalue weighted by molar-refractivity contribution is 7.99. The van der Waals surface area contributed by atoms with Crippen molar-refractivity contribution in [1.29, 1.82) is 0 Å². The molecule has 1 nitrogen and oxygen atoms in total. The molecular weight excluding hydrogens is 302 g/mol. The lowest BCUT2D eigenvalue weighted by Gasteiger charge is -2.11. The maximum atomic E-state index is 13.5. The highest BCUT2D eigenvalue weighted by atomic mass is 32.2. The van der Waals surface area contributed by atoms with Gasteiger partial charge in [0, 0.05) is 17.2 Å². The summed E-state index contributed by atoms with van der Waals surface area (Å²) in [6, 6.07) is 12.0. The molecule has 0 fully saturated rings. The molecule has 2 rings (SSSR count). The molecule has 2 aromatic rings. The van der Waals surface area contributed by atoms with Gasteiger partial charge in [-0.05, 0) is 30.3 Å². The fourth-order valence-electron chi connectivity index (χ4n) is 1.71. The molecule has 0 aromatic heterocycles. The van der Waals surface area contributed by atoms with Crippen LogP contribution in [0.2, 0.25) is 0 Å². The second kappa shape index (κ2) is 6.85. The Morgan fingerprint density at radius 1 is 1.00 bits per heavy atom. The van der Waals surface area contributed by atoms with E-state index in [1.54, 1.807) is 11.8 Å². The van der Waals surface area contributed by atoms with Gasteiger partial charge in [-0.1, -0.05) is 18.2 Å². The van der Waals surface area contributed by atoms with E-state index in [1.165, 1.54) is 0 Å². The Labute approximate surface area is 124 Å². The second-order valence-electron chi connectivity index (χ2n) is 4.28. The molecule has 0 heterocycles. The average Bonchev–Trinajstić information content (AvgIpc) is 2.45. The number of alkyl halides is 3. The highest BCUT2D eigenvalue weighted by Gasteiger charge is 2.31. The van der Waals surface area contributed by atoms with Crippen LogP contribution in [0.4, 0.5) is 23.2 Å². The van der Waals surface area contributed by atoms with Crippen molar-refractivity contribution in [2.75, 3.05) is 17.6 Å². The van der Waals surface area contributed by atoms with Crippen molar-refractivity contribution in [2.24, 2.45) is 0 Å². The van der Waals surface area contributed by atoms with E-state index >= 15 is 0 Å². The molecular formula is C15H13F4NS. The average molecular weight is 315 g/mol. The Kier molecular flexibility index (Phi) is 5.12. The maximum absolute atomic E-state index is 13.5. The first-order valence-corrected chi connectivity index (χ1v) is 7.24. The number of hydrogen-bond acceptors (Lipinski definition) is 2. The van der Waals surface area contributed by atoms with E-state index in [2.05, 4.69) is 5.32 Å². The number of hydrogen-bond donors (Lipinski definition) is 1. The molecule has 0 radical (unpaired) electrons. The molecule has 0 bridgehead atoms. The van der Waals surface area contributed by atoms with Crippen LogP contribution < -0.4 is 5.32 Å². The van der Waals surface area contributed by atoms with Crippen molar-refractivity contribution in [2.45, 2.75) is 11.1 Å². The van der Waals surface area contributed by atoms with Crippen molar-refractivity contribution in [1.82, 2.24) is 0 Å². The Morgan fingerprint density at radius 3 is 2.38 bits per heavy atom. The monoisotopic (exact) mass is 315 g/mol. The highest BCUT2D eigenvalue weighted by Crippen LogP contribution is 2.31. The molecule has 6 heteroatoms. The van der Waals surface area contributed by atoms with Gasteiger partial charge in [-0.25, -0.2) is 4.39 Å². The number of thioether (sulfide) groups is 1. The van der Waals surface area contributed by atoms with Crippen molar-refractivity contribution in [3.8, 4) is 0 Å². The van der Waals surface area contributed by atoms with E-state index in [9.17, 15) is 17.6 Å². The fraction of sp³-hybridized carbons (Fsp3) is 0.200. The zero-order valence-electron chi connectivity index (χ0n) is 11.0. The number of nitrogens with one attached hydrogen (secondary N) is 1. The first-order valence-electron chi connectivity index (χ1n) is 6.25. The summed E-state index contributed by atoms with van der Waals surface area (Å²) in [6.07, 6.45) is -4.47. The van der Waals surface area contributed by atoms with Crippen LogP contribution in [0.5, 0.6) is 0 Å². The molecule has 0 unspecified atom stereocenters. The summed E-state index contributed by atoms with van der Waals surface area (Å²) < 4.78 is 51.1. The quantitative estimate of drug-likeness (QED) is 0.471. The molecule has 21 heavy (non-hydrogen) atoms. The number of halogens is 4. The third kappa shape index (κ3) is 4.67.